The van der Waals surface area contributed by atoms with Gasteiger partial charge in [-0.2, -0.15) is 4.98 Å². The number of benzene rings is 1. The van der Waals surface area contributed by atoms with Gasteiger partial charge in [-0.25, -0.2) is 8.42 Å². The smallest absolute Gasteiger partial charge is 0.254 e. The number of hydrogen-bond donors (Lipinski definition) is 0. The predicted molar refractivity (Wildman–Crippen MR) is 109 cm³/mol. The normalized spacial score (nSPS) is 21.5. The van der Waals surface area contributed by atoms with Gasteiger partial charge in [0, 0.05) is 41.6 Å². The molecule has 3 aromatic rings. The number of sulfone groups is 1. The van der Waals surface area contributed by atoms with E-state index in [0.717, 1.165) is 5.56 Å². The molecule has 1 unspecified atom stereocenters. The summed E-state index contributed by atoms with van der Waals surface area (Å²) in [7, 11) is -3.41. The van der Waals surface area contributed by atoms with Gasteiger partial charge in [-0.05, 0) is 42.8 Å². The van der Waals surface area contributed by atoms with E-state index >= 15 is 0 Å². The first-order valence-electron chi connectivity index (χ1n) is 9.41. The van der Waals surface area contributed by atoms with Crippen LogP contribution in [-0.2, 0) is 9.84 Å². The van der Waals surface area contributed by atoms with Gasteiger partial charge in [0.25, 0.3) is 5.91 Å². The number of pyridine rings is 1. The second kappa shape index (κ2) is 6.88. The molecule has 5 rings (SSSR count). The fourth-order valence-electron chi connectivity index (χ4n) is 4.24. The zero-order valence-corrected chi connectivity index (χ0v) is 17.3. The molecule has 154 valence electrons. The third-order valence-electron chi connectivity index (χ3n) is 5.90. The summed E-state index contributed by atoms with van der Waals surface area (Å²) < 4.78 is 30.2. The summed E-state index contributed by atoms with van der Waals surface area (Å²) in [6.07, 6.45) is 3.46. The highest BCUT2D eigenvalue weighted by Gasteiger charge is 2.64. The summed E-state index contributed by atoms with van der Waals surface area (Å²) in [6, 6.07) is 10.2. The van der Waals surface area contributed by atoms with E-state index in [1.165, 1.54) is 12.4 Å². The quantitative estimate of drug-likeness (QED) is 0.611. The fraction of sp³-hybridized carbons (Fsp3) is 0.300. The highest BCUT2D eigenvalue weighted by molar-refractivity contribution is 7.93. The molecule has 30 heavy (non-hydrogen) atoms. The van der Waals surface area contributed by atoms with Gasteiger partial charge in [-0.3, -0.25) is 9.78 Å². The minimum atomic E-state index is -3.41. The summed E-state index contributed by atoms with van der Waals surface area (Å²) in [5, 5.41) is 4.62. The summed E-state index contributed by atoms with van der Waals surface area (Å²) in [6.45, 7) is 0.222. The number of rotatable bonds is 3. The molecule has 1 amide bonds. The van der Waals surface area contributed by atoms with Gasteiger partial charge in [0.15, 0.2) is 9.84 Å². The van der Waals surface area contributed by atoms with Gasteiger partial charge in [-0.15, -0.1) is 0 Å². The Morgan fingerprint density at radius 2 is 1.83 bits per heavy atom. The molecule has 2 saturated heterocycles. The van der Waals surface area contributed by atoms with Crippen LogP contribution in [0.4, 0.5) is 0 Å². The number of likely N-dealkylation sites (tertiary alicyclic amines) is 1. The highest BCUT2D eigenvalue weighted by Crippen LogP contribution is 2.49. The number of aromatic nitrogens is 3. The number of halogens is 1. The standard InChI is InChI=1S/C20H17ClN4O4S/c21-15-3-1-13(2-4-15)17-23-18(29-24-17)16-7-10-30(27,28)20(16)11-25(12-20)19(26)14-5-8-22-9-6-14/h1-6,8-9,16H,7,10-12H2. The molecule has 1 aromatic carbocycles. The van der Waals surface area contributed by atoms with Crippen molar-refractivity contribution in [2.24, 2.45) is 0 Å². The third kappa shape index (κ3) is 2.92. The van der Waals surface area contributed by atoms with Crippen LogP contribution in [-0.4, -0.2) is 57.9 Å². The molecule has 0 saturated carbocycles. The van der Waals surface area contributed by atoms with Crippen molar-refractivity contribution in [2.45, 2.75) is 17.1 Å². The van der Waals surface area contributed by atoms with Crippen LogP contribution in [0, 0.1) is 0 Å². The lowest BCUT2D eigenvalue weighted by molar-refractivity contribution is 0.0504. The van der Waals surface area contributed by atoms with E-state index in [2.05, 4.69) is 15.1 Å². The molecule has 4 heterocycles. The minimum absolute atomic E-state index is 0.0353. The van der Waals surface area contributed by atoms with Crippen LogP contribution in [0.3, 0.4) is 0 Å². The number of amides is 1. The van der Waals surface area contributed by atoms with E-state index in [0.29, 0.717) is 22.8 Å². The lowest BCUT2D eigenvalue weighted by Gasteiger charge is -2.48. The Hall–Kier alpha value is -2.78. The zero-order chi connectivity index (χ0) is 20.9. The first-order chi connectivity index (χ1) is 14.4. The van der Waals surface area contributed by atoms with Gasteiger partial charge in [0.2, 0.25) is 11.7 Å². The Labute approximate surface area is 177 Å². The average molecular weight is 445 g/mol. The molecule has 2 aliphatic rings. The molecule has 1 atom stereocenters. The predicted octanol–water partition coefficient (Wildman–Crippen LogP) is 2.58. The molecule has 0 radical (unpaired) electrons. The molecule has 8 nitrogen and oxygen atoms in total. The van der Waals surface area contributed by atoms with Gasteiger partial charge in [-0.1, -0.05) is 16.8 Å². The summed E-state index contributed by atoms with van der Waals surface area (Å²) in [5.74, 6) is 0.0455. The van der Waals surface area contributed by atoms with Crippen LogP contribution in [0.2, 0.25) is 5.02 Å². The van der Waals surface area contributed by atoms with E-state index in [-0.39, 0.29) is 30.6 Å². The zero-order valence-electron chi connectivity index (χ0n) is 15.7. The maximum Gasteiger partial charge on any atom is 0.254 e. The van der Waals surface area contributed by atoms with Gasteiger partial charge in [0.05, 0.1) is 11.7 Å². The molecule has 2 fully saturated rings. The monoisotopic (exact) mass is 444 g/mol. The minimum Gasteiger partial charge on any atom is -0.339 e. The number of carbonyl (C=O) groups is 1. The molecule has 10 heteroatoms. The molecule has 2 aromatic heterocycles. The Morgan fingerprint density at radius 1 is 1.13 bits per heavy atom. The van der Waals surface area contributed by atoms with E-state index < -0.39 is 20.5 Å². The first-order valence-corrected chi connectivity index (χ1v) is 11.4. The summed E-state index contributed by atoms with van der Waals surface area (Å²) in [4.78, 5) is 22.6. The maximum atomic E-state index is 12.9. The van der Waals surface area contributed by atoms with Crippen molar-refractivity contribution in [1.82, 2.24) is 20.0 Å². The second-order valence-electron chi connectivity index (χ2n) is 7.59. The van der Waals surface area contributed by atoms with Crippen molar-refractivity contribution in [2.75, 3.05) is 18.8 Å². The van der Waals surface area contributed by atoms with E-state index in [1.54, 1.807) is 41.3 Å². The van der Waals surface area contributed by atoms with Crippen LogP contribution in [0.5, 0.6) is 0 Å². The van der Waals surface area contributed by atoms with Crippen LogP contribution >= 0.6 is 11.6 Å². The van der Waals surface area contributed by atoms with Crippen molar-refractivity contribution in [3.05, 3.63) is 65.3 Å². The molecule has 0 N–H and O–H groups in total. The highest BCUT2D eigenvalue weighted by atomic mass is 35.5. The molecule has 1 spiro atoms. The molecular weight excluding hydrogens is 428 g/mol. The number of hydrogen-bond acceptors (Lipinski definition) is 7. The summed E-state index contributed by atoms with van der Waals surface area (Å²) >= 11 is 5.92. The average Bonchev–Trinajstić information content (AvgIpc) is 3.29. The van der Waals surface area contributed by atoms with Gasteiger partial charge in [0.1, 0.15) is 4.75 Å². The van der Waals surface area contributed by atoms with Gasteiger partial charge >= 0.3 is 0 Å². The van der Waals surface area contributed by atoms with Gasteiger partial charge < -0.3 is 9.42 Å². The van der Waals surface area contributed by atoms with Crippen molar-refractivity contribution in [3.63, 3.8) is 0 Å². The Bertz CT molecular complexity index is 1210. The Morgan fingerprint density at radius 3 is 2.53 bits per heavy atom. The van der Waals surface area contributed by atoms with Crippen LogP contribution in [0.1, 0.15) is 28.6 Å². The molecule has 0 aliphatic carbocycles. The Balaban J connectivity index is 1.41. The molecule has 2 aliphatic heterocycles. The lowest BCUT2D eigenvalue weighted by Crippen LogP contribution is -2.67. The SMILES string of the molecule is O=C(c1ccncc1)N1CC2(C1)C(c1nc(-c3ccc(Cl)cc3)no1)CCS2(=O)=O. The third-order valence-corrected chi connectivity index (χ3v) is 8.71. The van der Waals surface area contributed by atoms with Crippen molar-refractivity contribution in [1.29, 1.82) is 0 Å². The summed E-state index contributed by atoms with van der Waals surface area (Å²) in [5.41, 5.74) is 1.21. The Kier molecular flexibility index (Phi) is 4.41. The topological polar surface area (TPSA) is 106 Å². The second-order valence-corrected chi connectivity index (χ2v) is 10.5. The van der Waals surface area contributed by atoms with E-state index in [9.17, 15) is 13.2 Å². The number of nitrogens with zero attached hydrogens (tertiary/aromatic N) is 4. The largest absolute Gasteiger partial charge is 0.339 e. The van der Waals surface area contributed by atoms with Crippen LogP contribution in [0.25, 0.3) is 11.4 Å². The first kappa shape index (κ1) is 19.2. The van der Waals surface area contributed by atoms with E-state index in [4.69, 9.17) is 16.1 Å². The van der Waals surface area contributed by atoms with Crippen molar-refractivity contribution in [3.8, 4) is 11.4 Å². The van der Waals surface area contributed by atoms with E-state index in [1.807, 2.05) is 0 Å². The van der Waals surface area contributed by atoms with Crippen molar-refractivity contribution >= 4 is 27.3 Å². The molecule has 0 bridgehead atoms. The maximum absolute atomic E-state index is 12.9. The van der Waals surface area contributed by atoms with Crippen LogP contribution in [0.15, 0.2) is 53.3 Å². The lowest BCUT2D eigenvalue weighted by atomic mass is 9.82. The number of carbonyl (C=O) groups excluding carboxylic acids is 1. The molecular formula is C20H17ClN4O4S. The van der Waals surface area contributed by atoms with Crippen LogP contribution < -0.4 is 0 Å². The fourth-order valence-corrected chi connectivity index (χ4v) is 6.67. The van der Waals surface area contributed by atoms with Crippen molar-refractivity contribution < 1.29 is 17.7 Å².